The molecule has 4 atom stereocenters. The summed E-state index contributed by atoms with van der Waals surface area (Å²) in [7, 11) is 0. The Morgan fingerprint density at radius 3 is 0.969 bits per heavy atom. The number of ether oxygens (including phenoxy) is 4. The van der Waals surface area contributed by atoms with E-state index in [1.54, 1.807) is 0 Å². The van der Waals surface area contributed by atoms with E-state index >= 15 is 0 Å². The molecule has 4 unspecified atom stereocenters. The molecule has 0 bridgehead atoms. The zero-order chi connectivity index (χ0) is 46.9. The van der Waals surface area contributed by atoms with E-state index in [-0.39, 0.29) is 98.1 Å². The van der Waals surface area contributed by atoms with Gasteiger partial charge in [0.15, 0.2) is 0 Å². The number of carboxylic acids is 2. The molecule has 10 nitrogen and oxygen atoms in total. The van der Waals surface area contributed by atoms with Crippen LogP contribution in [-0.2, 0) is 51.3 Å². The smallest absolute Gasteiger partial charge is 0.550 e. The van der Waals surface area contributed by atoms with E-state index in [4.69, 9.17) is 18.9 Å². The summed E-state index contributed by atoms with van der Waals surface area (Å²) in [5, 5.41) is 21.3. The third-order valence-corrected chi connectivity index (χ3v) is 11.5. The maximum absolute atomic E-state index is 11.3. The van der Waals surface area contributed by atoms with Gasteiger partial charge in [0.05, 0.1) is 25.4 Å². The molecule has 0 saturated heterocycles. The maximum Gasteiger partial charge on any atom is 2.00 e. The molecule has 0 aromatic heterocycles. The molecule has 364 valence electrons. The first-order chi connectivity index (χ1) is 31.0. The topological polar surface area (TPSA) is 151 Å². The van der Waals surface area contributed by atoms with Crippen molar-refractivity contribution in [3.8, 4) is 0 Å². The number of carbonyl (C=O) groups excluding carboxylic acids is 4. The Hall–Kier alpha value is -2.19. The third kappa shape index (κ3) is 40.6. The summed E-state index contributed by atoms with van der Waals surface area (Å²) in [4.78, 5) is 43.9. The standard InChI is InChI=1S/2C27H44O5.Ba/c2*1-3-4-8-19-26(32-23(2)28)20-12-6-5-11-17-25(18-13-14-21-27(29)30)31-22-24-15-9-7-10-16-24;/h2*7,9-10,15-16,25-26H,3-6,8,11-14,17-22H2,1-2H3,(H,29,30);/q;;+2/p-2. The molecule has 0 fully saturated rings. The van der Waals surface area contributed by atoms with Crippen LogP contribution in [0.3, 0.4) is 0 Å². The number of carbonyl (C=O) groups is 4. The predicted molar refractivity (Wildman–Crippen MR) is 258 cm³/mol. The summed E-state index contributed by atoms with van der Waals surface area (Å²) in [6, 6.07) is 20.3. The number of carboxylic acid groups (broad SMARTS) is 2. The number of hydrogen-bond acceptors (Lipinski definition) is 10. The van der Waals surface area contributed by atoms with Crippen molar-refractivity contribution in [1.29, 1.82) is 0 Å². The van der Waals surface area contributed by atoms with Crippen molar-refractivity contribution in [3.05, 3.63) is 71.8 Å². The van der Waals surface area contributed by atoms with Crippen molar-refractivity contribution in [1.82, 2.24) is 0 Å². The van der Waals surface area contributed by atoms with Gasteiger partial charge in [0, 0.05) is 25.8 Å². The van der Waals surface area contributed by atoms with Gasteiger partial charge in [-0.15, -0.1) is 0 Å². The molecule has 0 aliphatic carbocycles. The first-order valence-electron chi connectivity index (χ1n) is 25.1. The van der Waals surface area contributed by atoms with E-state index in [2.05, 4.69) is 38.1 Å². The third-order valence-electron chi connectivity index (χ3n) is 11.5. The van der Waals surface area contributed by atoms with E-state index < -0.39 is 11.9 Å². The number of unbranched alkanes of at least 4 members (excludes halogenated alkanes) is 12. The van der Waals surface area contributed by atoms with Gasteiger partial charge in [0.1, 0.15) is 12.2 Å². The molecule has 11 heteroatoms. The molecule has 0 radical (unpaired) electrons. The molecule has 2 aromatic rings. The Bertz CT molecular complexity index is 1320. The van der Waals surface area contributed by atoms with Crippen molar-refractivity contribution in [3.63, 3.8) is 0 Å². The number of aliphatic carboxylic acids is 2. The van der Waals surface area contributed by atoms with Gasteiger partial charge in [-0.25, -0.2) is 0 Å². The Morgan fingerprint density at radius 2 is 0.692 bits per heavy atom. The molecule has 0 amide bonds. The van der Waals surface area contributed by atoms with Gasteiger partial charge >= 0.3 is 60.8 Å². The zero-order valence-corrected chi connectivity index (χ0v) is 45.5. The normalized spacial score (nSPS) is 12.7. The van der Waals surface area contributed by atoms with Crippen molar-refractivity contribution in [2.75, 3.05) is 0 Å². The molecular weight excluding hydrogens is 946 g/mol. The average Bonchev–Trinajstić information content (AvgIpc) is 3.26. The van der Waals surface area contributed by atoms with Gasteiger partial charge in [-0.1, -0.05) is 152 Å². The first kappa shape index (κ1) is 62.8. The Labute approximate surface area is 434 Å². The fourth-order valence-electron chi connectivity index (χ4n) is 7.91. The van der Waals surface area contributed by atoms with Gasteiger partial charge in [0.2, 0.25) is 0 Å². The van der Waals surface area contributed by atoms with Crippen LogP contribution < -0.4 is 10.2 Å². The molecule has 65 heavy (non-hydrogen) atoms. The Morgan fingerprint density at radius 1 is 0.415 bits per heavy atom. The van der Waals surface area contributed by atoms with Crippen molar-refractivity contribution in [2.24, 2.45) is 0 Å². The second kappa shape index (κ2) is 44.3. The molecular formula is C54H86BaO10. The predicted octanol–water partition coefficient (Wildman–Crippen LogP) is 11.1. The minimum Gasteiger partial charge on any atom is -0.550 e. The van der Waals surface area contributed by atoms with Gasteiger partial charge in [0.25, 0.3) is 0 Å². The first-order valence-corrected chi connectivity index (χ1v) is 25.1. The number of hydrogen-bond donors (Lipinski definition) is 0. The van der Waals surface area contributed by atoms with E-state index in [1.165, 1.54) is 39.5 Å². The van der Waals surface area contributed by atoms with E-state index in [9.17, 15) is 29.4 Å². The van der Waals surface area contributed by atoms with Crippen LogP contribution in [0.4, 0.5) is 0 Å². The van der Waals surface area contributed by atoms with Crippen LogP contribution in [0.25, 0.3) is 0 Å². The van der Waals surface area contributed by atoms with Crippen molar-refractivity contribution < 1.29 is 48.3 Å². The van der Waals surface area contributed by atoms with Gasteiger partial charge in [-0.2, -0.15) is 0 Å². The number of esters is 2. The van der Waals surface area contributed by atoms with Gasteiger partial charge < -0.3 is 38.7 Å². The Kier molecular flexibility index (Phi) is 42.8. The van der Waals surface area contributed by atoms with Gasteiger partial charge in [-0.3, -0.25) is 9.59 Å². The molecule has 0 aliphatic heterocycles. The van der Waals surface area contributed by atoms with Crippen LogP contribution in [0.1, 0.15) is 219 Å². The quantitative estimate of drug-likeness (QED) is 0.0358. The number of benzene rings is 2. The van der Waals surface area contributed by atoms with Crippen LogP contribution in [0.15, 0.2) is 60.7 Å². The minimum atomic E-state index is -0.978. The summed E-state index contributed by atoms with van der Waals surface area (Å²) < 4.78 is 23.3. The second-order valence-corrected chi connectivity index (χ2v) is 17.5. The van der Waals surface area contributed by atoms with Crippen LogP contribution >= 0.6 is 0 Å². The second-order valence-electron chi connectivity index (χ2n) is 17.5. The van der Waals surface area contributed by atoms with Crippen LogP contribution in [0.2, 0.25) is 0 Å². The molecule has 0 N–H and O–H groups in total. The summed E-state index contributed by atoms with van der Waals surface area (Å²) in [5.74, 6) is -2.31. The average molecular weight is 1030 g/mol. The molecule has 2 aromatic carbocycles. The SMILES string of the molecule is CCCCCC(CCCCCCC(CCCCC(=O)[O-])OCc1ccccc1)OC(C)=O.CCCCCC(CCCCCCC(CCCCC(=O)[O-])OCc1ccccc1)OC(C)=O.[Ba+2]. The van der Waals surface area contributed by atoms with Crippen molar-refractivity contribution >= 4 is 72.8 Å². The zero-order valence-electron chi connectivity index (χ0n) is 41.1. The van der Waals surface area contributed by atoms with Crippen molar-refractivity contribution in [2.45, 2.75) is 245 Å². The number of rotatable bonds is 40. The Balaban J connectivity index is 0.00000124. The maximum atomic E-state index is 11.3. The summed E-state index contributed by atoms with van der Waals surface area (Å²) in [6.07, 6.45) is 27.0. The minimum absolute atomic E-state index is 0. The monoisotopic (exact) mass is 1030 g/mol. The van der Waals surface area contributed by atoms with Gasteiger partial charge in [-0.05, 0) is 114 Å². The molecule has 0 spiro atoms. The molecule has 0 aliphatic rings. The molecule has 0 heterocycles. The van der Waals surface area contributed by atoms with E-state index in [1.807, 2.05) is 36.4 Å². The fraction of sp³-hybridized carbons (Fsp3) is 0.704. The summed E-state index contributed by atoms with van der Waals surface area (Å²) in [5.41, 5.74) is 2.32. The molecule has 2 rings (SSSR count). The summed E-state index contributed by atoms with van der Waals surface area (Å²) in [6.45, 7) is 8.54. The van der Waals surface area contributed by atoms with E-state index in [0.29, 0.717) is 26.1 Å². The largest absolute Gasteiger partial charge is 2.00 e. The fourth-order valence-corrected chi connectivity index (χ4v) is 7.91. The van der Waals surface area contributed by atoms with Crippen LogP contribution in [0.5, 0.6) is 0 Å². The summed E-state index contributed by atoms with van der Waals surface area (Å²) >= 11 is 0. The van der Waals surface area contributed by atoms with E-state index in [0.717, 1.165) is 140 Å². The molecule has 0 saturated carbocycles. The van der Waals surface area contributed by atoms with Crippen LogP contribution in [0, 0.1) is 0 Å². The van der Waals surface area contributed by atoms with Crippen LogP contribution in [-0.4, -0.2) is 97.2 Å².